The van der Waals surface area contributed by atoms with Crippen LogP contribution < -0.4 is 10.0 Å². The first-order valence-corrected chi connectivity index (χ1v) is 12.2. The van der Waals surface area contributed by atoms with Crippen molar-refractivity contribution in [3.63, 3.8) is 0 Å². The van der Waals surface area contributed by atoms with Crippen molar-refractivity contribution in [2.45, 2.75) is 36.8 Å². The molecule has 1 heterocycles. The van der Waals surface area contributed by atoms with Crippen LogP contribution in [-0.4, -0.2) is 45.6 Å². The lowest BCUT2D eigenvalue weighted by Crippen LogP contribution is -2.47. The molecule has 28 heavy (non-hydrogen) atoms. The first-order valence-electron chi connectivity index (χ1n) is 8.90. The van der Waals surface area contributed by atoms with Gasteiger partial charge in [0.2, 0.25) is 0 Å². The number of nitrogen functional groups attached to an aromatic ring is 1. The quantitative estimate of drug-likeness (QED) is 0.706. The second-order valence-corrected chi connectivity index (χ2v) is 11.3. The van der Waals surface area contributed by atoms with Gasteiger partial charge in [-0.05, 0) is 47.9 Å². The van der Waals surface area contributed by atoms with Crippen LogP contribution in [0.15, 0.2) is 53.4 Å². The van der Waals surface area contributed by atoms with Crippen molar-refractivity contribution in [3.05, 3.63) is 54.1 Å². The van der Waals surface area contributed by atoms with Crippen molar-refractivity contribution >= 4 is 31.2 Å². The lowest BCUT2D eigenvalue weighted by molar-refractivity contribution is 0.184. The van der Waals surface area contributed by atoms with E-state index in [1.54, 1.807) is 12.1 Å². The summed E-state index contributed by atoms with van der Waals surface area (Å²) in [7, 11) is -7.65. The minimum atomic E-state index is -4.11. The number of hydrogen-bond acceptors (Lipinski definition) is 6. The van der Waals surface area contributed by atoms with Gasteiger partial charge in [0.25, 0.3) is 10.0 Å². The second kappa shape index (κ2) is 7.38. The predicted molar refractivity (Wildman–Crippen MR) is 109 cm³/mol. The number of benzene rings is 2. The van der Waals surface area contributed by atoms with E-state index in [1.165, 1.54) is 36.4 Å². The summed E-state index contributed by atoms with van der Waals surface area (Å²) in [5.74, 6) is -0.668. The van der Waals surface area contributed by atoms with Gasteiger partial charge < -0.3 is 10.8 Å². The highest BCUT2D eigenvalue weighted by atomic mass is 32.2. The molecule has 2 aromatic carbocycles. The summed E-state index contributed by atoms with van der Waals surface area (Å²) in [5.41, 5.74) is 7.39. The summed E-state index contributed by atoms with van der Waals surface area (Å²) in [4.78, 5) is 0.0326. The molecule has 152 valence electrons. The van der Waals surface area contributed by atoms with Crippen molar-refractivity contribution in [2.75, 3.05) is 21.5 Å². The molecule has 3 rings (SSSR count). The predicted octanol–water partition coefficient (Wildman–Crippen LogP) is 1.75. The van der Waals surface area contributed by atoms with Crippen molar-refractivity contribution in [1.29, 1.82) is 0 Å². The Kier molecular flexibility index (Phi) is 5.44. The molecule has 0 radical (unpaired) electrons. The number of rotatable bonds is 5. The highest BCUT2D eigenvalue weighted by Gasteiger charge is 2.45. The van der Waals surface area contributed by atoms with Crippen LogP contribution in [0.4, 0.5) is 11.4 Å². The Bertz CT molecular complexity index is 1050. The molecule has 1 aliphatic rings. The lowest BCUT2D eigenvalue weighted by Gasteiger charge is -2.31. The van der Waals surface area contributed by atoms with Crippen LogP contribution in [0.2, 0.25) is 0 Å². The maximum Gasteiger partial charge on any atom is 0.264 e. The van der Waals surface area contributed by atoms with Crippen LogP contribution in [0.25, 0.3) is 0 Å². The molecule has 0 spiro atoms. The standard InChI is InChI=1S/C19H24N2O5S2/c1-13(2)14-3-9-17(10-4-14)28(25,26)21(16-7-5-15(20)6-8-16)18-11-27(23,24)12-19(18)22/h3-10,13,18-19,22H,11-12,20H2,1-2H3/t18-,19+/m1/s1. The Morgan fingerprint density at radius 2 is 1.61 bits per heavy atom. The zero-order chi connectivity index (χ0) is 20.7. The van der Waals surface area contributed by atoms with E-state index in [0.717, 1.165) is 9.87 Å². The molecule has 0 aliphatic carbocycles. The third-order valence-electron chi connectivity index (χ3n) is 4.85. The molecule has 1 aliphatic heterocycles. The molecular formula is C19H24N2O5S2. The van der Waals surface area contributed by atoms with E-state index in [4.69, 9.17) is 5.73 Å². The van der Waals surface area contributed by atoms with Gasteiger partial charge in [0.15, 0.2) is 9.84 Å². The van der Waals surface area contributed by atoms with Crippen LogP contribution in [-0.2, 0) is 19.9 Å². The van der Waals surface area contributed by atoms with E-state index in [-0.39, 0.29) is 16.5 Å². The summed E-state index contributed by atoms with van der Waals surface area (Å²) in [6, 6.07) is 11.5. The van der Waals surface area contributed by atoms with E-state index in [2.05, 4.69) is 0 Å². The van der Waals surface area contributed by atoms with Gasteiger partial charge in [-0.3, -0.25) is 4.31 Å². The highest BCUT2D eigenvalue weighted by Crippen LogP contribution is 2.32. The van der Waals surface area contributed by atoms with Crippen LogP contribution in [0.3, 0.4) is 0 Å². The Balaban J connectivity index is 2.11. The Hall–Kier alpha value is -2.10. The molecule has 2 atom stereocenters. The summed E-state index contributed by atoms with van der Waals surface area (Å²) < 4.78 is 51.9. The van der Waals surface area contributed by atoms with Gasteiger partial charge in [0, 0.05) is 5.69 Å². The Morgan fingerprint density at radius 3 is 2.07 bits per heavy atom. The topological polar surface area (TPSA) is 118 Å². The molecule has 0 amide bonds. The molecule has 7 nitrogen and oxygen atoms in total. The average molecular weight is 425 g/mol. The largest absolute Gasteiger partial charge is 0.399 e. The highest BCUT2D eigenvalue weighted by molar-refractivity contribution is 7.93. The molecule has 3 N–H and O–H groups in total. The molecule has 0 unspecified atom stereocenters. The number of aliphatic hydroxyl groups excluding tert-OH is 1. The first kappa shape index (κ1) is 20.6. The SMILES string of the molecule is CC(C)c1ccc(S(=O)(=O)N(c2ccc(N)cc2)[C@@H]2CS(=O)(=O)C[C@@H]2O)cc1. The third kappa shape index (κ3) is 4.01. The van der Waals surface area contributed by atoms with E-state index in [0.29, 0.717) is 5.69 Å². The van der Waals surface area contributed by atoms with E-state index < -0.39 is 43.5 Å². The average Bonchev–Trinajstić information content (AvgIpc) is 2.89. The van der Waals surface area contributed by atoms with Gasteiger partial charge in [-0.1, -0.05) is 26.0 Å². The molecule has 9 heteroatoms. The van der Waals surface area contributed by atoms with Gasteiger partial charge in [0.05, 0.1) is 34.2 Å². The van der Waals surface area contributed by atoms with Gasteiger partial charge in [-0.2, -0.15) is 0 Å². The van der Waals surface area contributed by atoms with Gasteiger partial charge in [-0.15, -0.1) is 0 Å². The van der Waals surface area contributed by atoms with Crippen LogP contribution in [0.1, 0.15) is 25.3 Å². The van der Waals surface area contributed by atoms with Crippen molar-refractivity contribution in [2.24, 2.45) is 0 Å². The number of sulfone groups is 1. The molecular weight excluding hydrogens is 400 g/mol. The fraction of sp³-hybridized carbons (Fsp3) is 0.368. The Labute approximate surface area is 165 Å². The number of aliphatic hydroxyl groups is 1. The zero-order valence-electron chi connectivity index (χ0n) is 15.7. The number of sulfonamides is 1. The second-order valence-electron chi connectivity index (χ2n) is 7.33. The molecule has 2 aromatic rings. The number of nitrogens with zero attached hydrogens (tertiary/aromatic N) is 1. The summed E-state index contributed by atoms with van der Waals surface area (Å²) in [6.07, 6.45) is -1.31. The van der Waals surface area contributed by atoms with Crippen LogP contribution in [0.5, 0.6) is 0 Å². The normalized spacial score (nSPS) is 21.7. The van der Waals surface area contributed by atoms with Gasteiger partial charge in [0.1, 0.15) is 0 Å². The Morgan fingerprint density at radius 1 is 1.04 bits per heavy atom. The summed E-state index contributed by atoms with van der Waals surface area (Å²) >= 11 is 0. The molecule has 0 bridgehead atoms. The first-order chi connectivity index (χ1) is 13.0. The number of hydrogen-bond donors (Lipinski definition) is 2. The fourth-order valence-corrected chi connectivity index (χ4v) is 6.84. The monoisotopic (exact) mass is 424 g/mol. The van der Waals surface area contributed by atoms with Crippen molar-refractivity contribution in [3.8, 4) is 0 Å². The van der Waals surface area contributed by atoms with Crippen molar-refractivity contribution in [1.82, 2.24) is 0 Å². The molecule has 1 saturated heterocycles. The van der Waals surface area contributed by atoms with Crippen LogP contribution in [0, 0.1) is 0 Å². The zero-order valence-corrected chi connectivity index (χ0v) is 17.3. The van der Waals surface area contributed by atoms with Gasteiger partial charge in [-0.25, -0.2) is 16.8 Å². The molecule has 0 aromatic heterocycles. The number of anilines is 2. The number of nitrogens with two attached hydrogens (primary N) is 1. The minimum absolute atomic E-state index is 0.0326. The maximum atomic E-state index is 13.4. The maximum absolute atomic E-state index is 13.4. The smallest absolute Gasteiger partial charge is 0.264 e. The van der Waals surface area contributed by atoms with Gasteiger partial charge >= 0.3 is 0 Å². The third-order valence-corrected chi connectivity index (χ3v) is 8.41. The molecule has 0 saturated carbocycles. The summed E-state index contributed by atoms with van der Waals surface area (Å²) in [6.45, 7) is 4.01. The fourth-order valence-electron chi connectivity index (χ4n) is 3.30. The van der Waals surface area contributed by atoms with Crippen LogP contribution >= 0.6 is 0 Å². The van der Waals surface area contributed by atoms with E-state index in [1.807, 2.05) is 13.8 Å². The molecule has 1 fully saturated rings. The van der Waals surface area contributed by atoms with E-state index >= 15 is 0 Å². The summed E-state index contributed by atoms with van der Waals surface area (Å²) in [5, 5.41) is 10.3. The lowest BCUT2D eigenvalue weighted by atomic mass is 10.0. The minimum Gasteiger partial charge on any atom is -0.399 e. The van der Waals surface area contributed by atoms with E-state index in [9.17, 15) is 21.9 Å². The van der Waals surface area contributed by atoms with Crippen molar-refractivity contribution < 1.29 is 21.9 Å².